The van der Waals surface area contributed by atoms with Crippen molar-refractivity contribution in [2.45, 2.75) is 33.7 Å². The molecule has 1 amide bonds. The minimum absolute atomic E-state index is 0.178. The number of nitrogens with two attached hydrogens (primary N) is 1. The fourth-order valence-electron chi connectivity index (χ4n) is 2.87. The molecule has 0 aliphatic rings. The molecule has 0 saturated carbocycles. The molecule has 6 nitrogen and oxygen atoms in total. The average Bonchev–Trinajstić information content (AvgIpc) is 2.89. The van der Waals surface area contributed by atoms with E-state index < -0.39 is 6.04 Å². The van der Waals surface area contributed by atoms with Crippen molar-refractivity contribution < 1.29 is 4.79 Å². The Kier molecular flexibility index (Phi) is 5.98. The zero-order chi connectivity index (χ0) is 17.7. The van der Waals surface area contributed by atoms with E-state index >= 15 is 0 Å². The predicted octanol–water partition coefficient (Wildman–Crippen LogP) is 1.98. The standard InChI is InChI=1S/C18H27N5O/c1-5-23(15-8-6-7-12(2)11-15)10-9-20-18(24)17(19)16-13(3)21-22-14(16)4/h6-8,11,17H,5,9-10,19H2,1-4H3,(H,20,24)(H,21,22)/t17-/m0/s1. The lowest BCUT2D eigenvalue weighted by Gasteiger charge is -2.24. The largest absolute Gasteiger partial charge is 0.370 e. The Morgan fingerprint density at radius 3 is 2.71 bits per heavy atom. The lowest BCUT2D eigenvalue weighted by atomic mass is 10.1. The van der Waals surface area contributed by atoms with Crippen molar-refractivity contribution in [3.63, 3.8) is 0 Å². The SMILES string of the molecule is CCN(CCNC(=O)[C@@H](N)c1c(C)n[nH]c1C)c1cccc(C)c1. The Bertz CT molecular complexity index is 675. The maximum Gasteiger partial charge on any atom is 0.241 e. The molecular formula is C18H27N5O. The van der Waals surface area contributed by atoms with Gasteiger partial charge in [0.05, 0.1) is 5.69 Å². The fraction of sp³-hybridized carbons (Fsp3) is 0.444. The molecule has 4 N–H and O–H groups in total. The van der Waals surface area contributed by atoms with Gasteiger partial charge in [-0.2, -0.15) is 5.10 Å². The molecule has 1 aromatic carbocycles. The second-order valence-electron chi connectivity index (χ2n) is 6.04. The van der Waals surface area contributed by atoms with E-state index in [4.69, 9.17) is 5.73 Å². The highest BCUT2D eigenvalue weighted by Crippen LogP contribution is 2.18. The summed E-state index contributed by atoms with van der Waals surface area (Å²) >= 11 is 0. The number of rotatable bonds is 7. The molecule has 0 bridgehead atoms. The number of H-pyrrole nitrogens is 1. The summed E-state index contributed by atoms with van der Waals surface area (Å²) in [5.41, 5.74) is 10.9. The Morgan fingerprint density at radius 2 is 2.12 bits per heavy atom. The van der Waals surface area contributed by atoms with Crippen molar-refractivity contribution in [2.24, 2.45) is 5.73 Å². The number of likely N-dealkylation sites (N-methyl/N-ethyl adjacent to an activating group) is 1. The number of carbonyl (C=O) groups excluding carboxylic acids is 1. The molecule has 24 heavy (non-hydrogen) atoms. The maximum absolute atomic E-state index is 12.3. The highest BCUT2D eigenvalue weighted by Gasteiger charge is 2.21. The third kappa shape index (κ3) is 4.14. The van der Waals surface area contributed by atoms with Gasteiger partial charge in [-0.25, -0.2) is 0 Å². The van der Waals surface area contributed by atoms with Gasteiger partial charge in [-0.05, 0) is 45.4 Å². The first kappa shape index (κ1) is 18.0. The summed E-state index contributed by atoms with van der Waals surface area (Å²) in [6, 6.07) is 7.66. The first-order valence-electron chi connectivity index (χ1n) is 8.30. The normalized spacial score (nSPS) is 12.0. The van der Waals surface area contributed by atoms with Gasteiger partial charge in [0, 0.05) is 36.6 Å². The minimum Gasteiger partial charge on any atom is -0.370 e. The van der Waals surface area contributed by atoms with Crippen LogP contribution in [0.2, 0.25) is 0 Å². The number of carbonyl (C=O) groups is 1. The van der Waals surface area contributed by atoms with E-state index in [0.29, 0.717) is 6.54 Å². The van der Waals surface area contributed by atoms with E-state index in [1.807, 2.05) is 19.9 Å². The molecule has 0 aliphatic heterocycles. The van der Waals surface area contributed by atoms with Crippen LogP contribution < -0.4 is 16.0 Å². The van der Waals surface area contributed by atoms with Crippen LogP contribution in [0.4, 0.5) is 5.69 Å². The number of amides is 1. The fourth-order valence-corrected chi connectivity index (χ4v) is 2.87. The number of anilines is 1. The van der Waals surface area contributed by atoms with E-state index in [9.17, 15) is 4.79 Å². The van der Waals surface area contributed by atoms with Gasteiger partial charge < -0.3 is 16.0 Å². The van der Waals surface area contributed by atoms with Gasteiger partial charge in [0.2, 0.25) is 5.91 Å². The topological polar surface area (TPSA) is 87.0 Å². The van der Waals surface area contributed by atoms with E-state index in [0.717, 1.165) is 35.7 Å². The van der Waals surface area contributed by atoms with Gasteiger partial charge in [-0.1, -0.05) is 12.1 Å². The molecule has 130 valence electrons. The van der Waals surface area contributed by atoms with Crippen molar-refractivity contribution >= 4 is 11.6 Å². The molecule has 2 rings (SSSR count). The molecule has 0 spiro atoms. The number of aromatic nitrogens is 2. The first-order chi connectivity index (χ1) is 11.4. The summed E-state index contributed by atoms with van der Waals surface area (Å²) in [5, 5.41) is 9.89. The zero-order valence-electron chi connectivity index (χ0n) is 14.9. The molecule has 0 saturated heterocycles. The van der Waals surface area contributed by atoms with Gasteiger partial charge in [-0.15, -0.1) is 0 Å². The molecule has 0 unspecified atom stereocenters. The third-order valence-corrected chi connectivity index (χ3v) is 4.21. The van der Waals surface area contributed by atoms with Crippen LogP contribution in [0.1, 0.15) is 35.5 Å². The molecule has 1 atom stereocenters. The molecule has 1 aromatic heterocycles. The highest BCUT2D eigenvalue weighted by molar-refractivity contribution is 5.83. The number of hydrogen-bond donors (Lipinski definition) is 3. The van der Waals surface area contributed by atoms with Gasteiger partial charge in [0.15, 0.2) is 0 Å². The van der Waals surface area contributed by atoms with E-state index in [1.165, 1.54) is 5.56 Å². The zero-order valence-corrected chi connectivity index (χ0v) is 14.9. The predicted molar refractivity (Wildman–Crippen MR) is 97.1 cm³/mol. The highest BCUT2D eigenvalue weighted by atomic mass is 16.2. The van der Waals surface area contributed by atoms with Gasteiger partial charge >= 0.3 is 0 Å². The van der Waals surface area contributed by atoms with E-state index in [1.54, 1.807) is 0 Å². The number of hydrogen-bond acceptors (Lipinski definition) is 4. The monoisotopic (exact) mass is 329 g/mol. The van der Waals surface area contributed by atoms with Gasteiger partial charge in [-0.3, -0.25) is 9.89 Å². The van der Waals surface area contributed by atoms with Crippen molar-refractivity contribution in [2.75, 3.05) is 24.5 Å². The summed E-state index contributed by atoms with van der Waals surface area (Å²) in [4.78, 5) is 14.5. The first-order valence-corrected chi connectivity index (χ1v) is 8.30. The molecule has 6 heteroatoms. The smallest absolute Gasteiger partial charge is 0.241 e. The molecule has 0 fully saturated rings. The van der Waals surface area contributed by atoms with Gasteiger partial charge in [0.25, 0.3) is 0 Å². The summed E-state index contributed by atoms with van der Waals surface area (Å²) in [7, 11) is 0. The van der Waals surface area contributed by atoms with Crippen LogP contribution in [0.3, 0.4) is 0 Å². The summed E-state index contributed by atoms with van der Waals surface area (Å²) in [6.07, 6.45) is 0. The van der Waals surface area contributed by atoms with Gasteiger partial charge in [0.1, 0.15) is 6.04 Å². The quantitative estimate of drug-likeness (QED) is 0.725. The second-order valence-corrected chi connectivity index (χ2v) is 6.04. The molecule has 0 radical (unpaired) electrons. The summed E-state index contributed by atoms with van der Waals surface area (Å²) in [5.74, 6) is -0.178. The van der Waals surface area contributed by atoms with E-state index in [2.05, 4.69) is 52.5 Å². The van der Waals surface area contributed by atoms with Crippen LogP contribution >= 0.6 is 0 Å². The van der Waals surface area contributed by atoms with Crippen LogP contribution in [-0.4, -0.2) is 35.7 Å². The lowest BCUT2D eigenvalue weighted by Crippen LogP contribution is -2.39. The van der Waals surface area contributed by atoms with Crippen molar-refractivity contribution in [1.29, 1.82) is 0 Å². The second kappa shape index (κ2) is 7.97. The third-order valence-electron chi connectivity index (χ3n) is 4.21. The summed E-state index contributed by atoms with van der Waals surface area (Å²) < 4.78 is 0. The van der Waals surface area contributed by atoms with Crippen LogP contribution in [0.5, 0.6) is 0 Å². The number of aryl methyl sites for hydroxylation is 3. The van der Waals surface area contributed by atoms with Crippen molar-refractivity contribution in [3.05, 3.63) is 46.8 Å². The lowest BCUT2D eigenvalue weighted by molar-refractivity contribution is -0.122. The maximum atomic E-state index is 12.3. The van der Waals surface area contributed by atoms with Crippen molar-refractivity contribution in [3.8, 4) is 0 Å². The molecular weight excluding hydrogens is 302 g/mol. The Balaban J connectivity index is 1.92. The van der Waals surface area contributed by atoms with Crippen LogP contribution in [0, 0.1) is 20.8 Å². The average molecular weight is 329 g/mol. The Labute approximate surface area is 143 Å². The minimum atomic E-state index is -0.696. The van der Waals surface area contributed by atoms with Crippen LogP contribution in [-0.2, 0) is 4.79 Å². The molecule has 0 aliphatic carbocycles. The van der Waals surface area contributed by atoms with E-state index in [-0.39, 0.29) is 5.91 Å². The van der Waals surface area contributed by atoms with Crippen LogP contribution in [0.15, 0.2) is 24.3 Å². The Morgan fingerprint density at radius 1 is 1.38 bits per heavy atom. The number of nitrogens with zero attached hydrogens (tertiary/aromatic N) is 2. The number of nitrogens with one attached hydrogen (secondary N) is 2. The molecule has 1 heterocycles. The number of benzene rings is 1. The summed E-state index contributed by atoms with van der Waals surface area (Å²) in [6.45, 7) is 10.1. The Hall–Kier alpha value is -2.34. The van der Waals surface area contributed by atoms with Crippen molar-refractivity contribution in [1.82, 2.24) is 15.5 Å². The molecule has 2 aromatic rings. The number of aromatic amines is 1. The van der Waals surface area contributed by atoms with Crippen LogP contribution in [0.25, 0.3) is 0 Å².